The van der Waals surface area contributed by atoms with Crippen LogP contribution in [0.2, 0.25) is 0 Å². The Morgan fingerprint density at radius 2 is 2.00 bits per heavy atom. The molecule has 3 aromatic rings. The first-order valence-electron chi connectivity index (χ1n) is 6.34. The average Bonchev–Trinajstić information content (AvgIpc) is 3.16. The van der Waals surface area contributed by atoms with Gasteiger partial charge in [0, 0.05) is 10.0 Å². The van der Waals surface area contributed by atoms with Crippen molar-refractivity contribution in [2.45, 2.75) is 0 Å². The highest BCUT2D eigenvalue weighted by atomic mass is 79.9. The van der Waals surface area contributed by atoms with E-state index in [9.17, 15) is 4.79 Å². The highest BCUT2D eigenvalue weighted by Gasteiger charge is 2.06. The van der Waals surface area contributed by atoms with Gasteiger partial charge in [-0.05, 0) is 48.6 Å². The molecule has 0 N–H and O–H groups in total. The summed E-state index contributed by atoms with van der Waals surface area (Å²) < 4.78 is 11.7. The van der Waals surface area contributed by atoms with Gasteiger partial charge in [0.15, 0.2) is 5.76 Å². The van der Waals surface area contributed by atoms with Crippen LogP contribution in [0.1, 0.15) is 16.3 Å². The van der Waals surface area contributed by atoms with Crippen molar-refractivity contribution >= 4 is 27.8 Å². The Kier molecular flexibility index (Phi) is 3.88. The fraction of sp³-hybridized carbons (Fsp3) is 0. The molecule has 4 heteroatoms. The summed E-state index contributed by atoms with van der Waals surface area (Å²) in [6, 6.07) is 14.8. The third-order valence-corrected chi connectivity index (χ3v) is 3.39. The van der Waals surface area contributed by atoms with Crippen molar-refractivity contribution in [3.05, 3.63) is 76.9 Å². The maximum atomic E-state index is 11.8. The lowest BCUT2D eigenvalue weighted by Crippen LogP contribution is -1.89. The first-order chi connectivity index (χ1) is 10.2. The molecule has 0 radical (unpaired) electrons. The molecule has 0 atom stereocenters. The number of hydrogen-bond acceptors (Lipinski definition) is 3. The van der Waals surface area contributed by atoms with Crippen molar-refractivity contribution in [3.63, 3.8) is 0 Å². The Balaban J connectivity index is 1.78. The number of rotatable bonds is 4. The van der Waals surface area contributed by atoms with Gasteiger partial charge in [-0.25, -0.2) is 0 Å². The van der Waals surface area contributed by atoms with E-state index in [4.69, 9.17) is 8.83 Å². The van der Waals surface area contributed by atoms with E-state index in [2.05, 4.69) is 15.9 Å². The second kappa shape index (κ2) is 5.97. The summed E-state index contributed by atoms with van der Waals surface area (Å²) in [4.78, 5) is 11.8. The van der Waals surface area contributed by atoms with Crippen molar-refractivity contribution in [2.75, 3.05) is 0 Å². The standard InChI is InChI=1S/C17H11BrO3/c18-13-4-1-3-12(11-13)16-9-7-14(21-16)6-8-15(19)17-5-2-10-20-17/h1-11H. The Labute approximate surface area is 130 Å². The van der Waals surface area contributed by atoms with Crippen LogP contribution in [-0.4, -0.2) is 5.78 Å². The molecule has 0 amide bonds. The van der Waals surface area contributed by atoms with Crippen LogP contribution >= 0.6 is 15.9 Å². The predicted octanol–water partition coefficient (Wildman–Crippen LogP) is 5.20. The van der Waals surface area contributed by atoms with Gasteiger partial charge in [0.05, 0.1) is 6.26 Å². The van der Waals surface area contributed by atoms with E-state index >= 15 is 0 Å². The lowest BCUT2D eigenvalue weighted by Gasteiger charge is -1.97. The topological polar surface area (TPSA) is 43.4 Å². The molecule has 0 aliphatic carbocycles. The molecule has 0 bridgehead atoms. The molecule has 2 aromatic heterocycles. The van der Waals surface area contributed by atoms with E-state index < -0.39 is 0 Å². The minimum Gasteiger partial charge on any atom is -0.461 e. The quantitative estimate of drug-likeness (QED) is 0.483. The van der Waals surface area contributed by atoms with E-state index in [0.717, 1.165) is 15.8 Å². The Hall–Kier alpha value is -2.33. The van der Waals surface area contributed by atoms with Crippen LogP contribution in [0.3, 0.4) is 0 Å². The van der Waals surface area contributed by atoms with E-state index in [1.165, 1.54) is 12.3 Å². The van der Waals surface area contributed by atoms with E-state index in [1.54, 1.807) is 18.2 Å². The van der Waals surface area contributed by atoms with Crippen LogP contribution in [0, 0.1) is 0 Å². The van der Waals surface area contributed by atoms with Crippen molar-refractivity contribution < 1.29 is 13.6 Å². The van der Waals surface area contributed by atoms with Gasteiger partial charge < -0.3 is 8.83 Å². The average molecular weight is 343 g/mol. The smallest absolute Gasteiger partial charge is 0.221 e. The molecule has 0 saturated heterocycles. The molecule has 0 fully saturated rings. The largest absolute Gasteiger partial charge is 0.461 e. The number of carbonyl (C=O) groups excluding carboxylic acids is 1. The van der Waals surface area contributed by atoms with Gasteiger partial charge in [-0.15, -0.1) is 0 Å². The van der Waals surface area contributed by atoms with Crippen molar-refractivity contribution in [1.29, 1.82) is 0 Å². The molecule has 0 aliphatic heterocycles. The first kappa shape index (κ1) is 13.6. The zero-order chi connectivity index (χ0) is 14.7. The number of allylic oxidation sites excluding steroid dienone is 1. The first-order valence-corrected chi connectivity index (χ1v) is 7.13. The molecule has 0 spiro atoms. The highest BCUT2D eigenvalue weighted by molar-refractivity contribution is 9.10. The lowest BCUT2D eigenvalue weighted by atomic mass is 10.2. The lowest BCUT2D eigenvalue weighted by molar-refractivity contribution is 0.102. The SMILES string of the molecule is O=C(C=Cc1ccc(-c2cccc(Br)c2)o1)c1ccco1. The maximum absolute atomic E-state index is 11.8. The minimum atomic E-state index is -0.194. The number of carbonyl (C=O) groups is 1. The number of benzene rings is 1. The summed E-state index contributed by atoms with van der Waals surface area (Å²) in [5, 5.41) is 0. The van der Waals surface area contributed by atoms with Crippen LogP contribution in [0.25, 0.3) is 17.4 Å². The second-order valence-electron chi connectivity index (χ2n) is 4.39. The molecule has 1 aromatic carbocycles. The summed E-state index contributed by atoms with van der Waals surface area (Å²) in [5.74, 6) is 1.48. The Morgan fingerprint density at radius 3 is 2.76 bits per heavy atom. The molecule has 0 unspecified atom stereocenters. The van der Waals surface area contributed by atoms with Gasteiger partial charge in [0.25, 0.3) is 0 Å². The highest BCUT2D eigenvalue weighted by Crippen LogP contribution is 2.25. The van der Waals surface area contributed by atoms with E-state index in [0.29, 0.717) is 11.5 Å². The molecule has 104 valence electrons. The molecule has 3 nitrogen and oxygen atoms in total. The molecular formula is C17H11BrO3. The van der Waals surface area contributed by atoms with Gasteiger partial charge >= 0.3 is 0 Å². The van der Waals surface area contributed by atoms with Crippen LogP contribution < -0.4 is 0 Å². The fourth-order valence-electron chi connectivity index (χ4n) is 1.90. The third-order valence-electron chi connectivity index (χ3n) is 2.90. The number of ketones is 1. The second-order valence-corrected chi connectivity index (χ2v) is 5.30. The van der Waals surface area contributed by atoms with Crippen LogP contribution in [0.4, 0.5) is 0 Å². The monoisotopic (exact) mass is 342 g/mol. The minimum absolute atomic E-state index is 0.194. The van der Waals surface area contributed by atoms with Crippen LogP contribution in [0.5, 0.6) is 0 Å². The zero-order valence-electron chi connectivity index (χ0n) is 11.0. The molecule has 0 aliphatic rings. The van der Waals surface area contributed by atoms with Gasteiger partial charge in [0.1, 0.15) is 11.5 Å². The molecule has 2 heterocycles. The third kappa shape index (κ3) is 3.23. The van der Waals surface area contributed by atoms with Crippen LogP contribution in [0.15, 0.2) is 74.2 Å². The Morgan fingerprint density at radius 1 is 1.10 bits per heavy atom. The summed E-state index contributed by atoms with van der Waals surface area (Å²) in [7, 11) is 0. The van der Waals surface area contributed by atoms with Crippen molar-refractivity contribution in [3.8, 4) is 11.3 Å². The summed E-state index contributed by atoms with van der Waals surface area (Å²) in [6.45, 7) is 0. The number of hydrogen-bond donors (Lipinski definition) is 0. The molecule has 3 rings (SSSR count). The number of halogens is 1. The summed E-state index contributed by atoms with van der Waals surface area (Å²) in [6.07, 6.45) is 4.54. The fourth-order valence-corrected chi connectivity index (χ4v) is 2.30. The summed E-state index contributed by atoms with van der Waals surface area (Å²) >= 11 is 3.43. The molecular weight excluding hydrogens is 332 g/mol. The van der Waals surface area contributed by atoms with Crippen molar-refractivity contribution in [2.24, 2.45) is 0 Å². The van der Waals surface area contributed by atoms with Gasteiger partial charge in [0.2, 0.25) is 5.78 Å². The number of furan rings is 2. The summed E-state index contributed by atoms with van der Waals surface area (Å²) in [5.41, 5.74) is 0.974. The van der Waals surface area contributed by atoms with Crippen LogP contribution in [-0.2, 0) is 0 Å². The van der Waals surface area contributed by atoms with Gasteiger partial charge in [-0.3, -0.25) is 4.79 Å². The van der Waals surface area contributed by atoms with E-state index in [1.807, 2.05) is 36.4 Å². The van der Waals surface area contributed by atoms with Gasteiger partial charge in [-0.1, -0.05) is 28.1 Å². The van der Waals surface area contributed by atoms with Gasteiger partial charge in [-0.2, -0.15) is 0 Å². The maximum Gasteiger partial charge on any atom is 0.221 e. The molecule has 21 heavy (non-hydrogen) atoms. The van der Waals surface area contributed by atoms with Crippen molar-refractivity contribution in [1.82, 2.24) is 0 Å². The normalized spacial score (nSPS) is 11.1. The van der Waals surface area contributed by atoms with E-state index in [-0.39, 0.29) is 5.78 Å². The molecule has 0 saturated carbocycles. The predicted molar refractivity (Wildman–Crippen MR) is 83.9 cm³/mol. The zero-order valence-corrected chi connectivity index (χ0v) is 12.5. The Bertz CT molecular complexity index is 782.